The second kappa shape index (κ2) is 3.34. The molecule has 0 bridgehead atoms. The van der Waals surface area contributed by atoms with Crippen LogP contribution in [-0.4, -0.2) is 12.2 Å². The lowest BCUT2D eigenvalue weighted by molar-refractivity contribution is 0.378. The second-order valence-electron chi connectivity index (χ2n) is 2.59. The standard InChI is InChI=1S/C9H7IO2S/c1-12-8-6(11)3-2-5-4-7(10)13-9(5)8/h2-4,11H,1H3. The van der Waals surface area contributed by atoms with Crippen molar-refractivity contribution in [1.29, 1.82) is 0 Å². The van der Waals surface area contributed by atoms with E-state index in [2.05, 4.69) is 28.7 Å². The van der Waals surface area contributed by atoms with Crippen LogP contribution in [0.3, 0.4) is 0 Å². The molecule has 0 saturated heterocycles. The number of hydrogen-bond acceptors (Lipinski definition) is 3. The normalized spacial score (nSPS) is 10.6. The molecule has 1 heterocycles. The predicted molar refractivity (Wildman–Crippen MR) is 62.8 cm³/mol. The molecule has 0 spiro atoms. The van der Waals surface area contributed by atoms with Gasteiger partial charge in [-0.25, -0.2) is 0 Å². The largest absolute Gasteiger partial charge is 0.504 e. The van der Waals surface area contributed by atoms with Crippen LogP contribution in [0.5, 0.6) is 11.5 Å². The molecule has 0 atom stereocenters. The van der Waals surface area contributed by atoms with Crippen LogP contribution in [0.1, 0.15) is 0 Å². The van der Waals surface area contributed by atoms with Crippen LogP contribution in [0.25, 0.3) is 10.1 Å². The van der Waals surface area contributed by atoms with Gasteiger partial charge in [-0.15, -0.1) is 11.3 Å². The minimum atomic E-state index is 0.202. The number of phenols is 1. The molecule has 0 aliphatic rings. The molecular weight excluding hydrogens is 299 g/mol. The average molecular weight is 306 g/mol. The molecule has 4 heteroatoms. The van der Waals surface area contributed by atoms with Crippen LogP contribution in [-0.2, 0) is 0 Å². The summed E-state index contributed by atoms with van der Waals surface area (Å²) in [7, 11) is 1.57. The van der Waals surface area contributed by atoms with Crippen LogP contribution in [0.15, 0.2) is 18.2 Å². The molecule has 2 rings (SSSR count). The summed E-state index contributed by atoms with van der Waals surface area (Å²) in [4.78, 5) is 0. The van der Waals surface area contributed by atoms with Crippen molar-refractivity contribution in [3.63, 3.8) is 0 Å². The number of phenolic OH excluding ortho intramolecular Hbond substituents is 1. The Morgan fingerprint density at radius 1 is 1.46 bits per heavy atom. The van der Waals surface area contributed by atoms with E-state index in [-0.39, 0.29) is 5.75 Å². The molecule has 13 heavy (non-hydrogen) atoms. The zero-order chi connectivity index (χ0) is 9.42. The van der Waals surface area contributed by atoms with Gasteiger partial charge in [0.25, 0.3) is 0 Å². The van der Waals surface area contributed by atoms with Gasteiger partial charge in [-0.1, -0.05) is 0 Å². The first kappa shape index (κ1) is 9.08. The predicted octanol–water partition coefficient (Wildman–Crippen LogP) is 3.22. The molecular formula is C9H7IO2S. The van der Waals surface area contributed by atoms with Crippen LogP contribution < -0.4 is 4.74 Å². The summed E-state index contributed by atoms with van der Waals surface area (Å²) in [5.74, 6) is 0.777. The highest BCUT2D eigenvalue weighted by Gasteiger charge is 2.09. The Kier molecular flexibility index (Phi) is 2.33. The van der Waals surface area contributed by atoms with Gasteiger partial charge in [-0.05, 0) is 46.2 Å². The van der Waals surface area contributed by atoms with Crippen molar-refractivity contribution in [3.05, 3.63) is 21.1 Å². The molecule has 0 fully saturated rings. The summed E-state index contributed by atoms with van der Waals surface area (Å²) in [6.45, 7) is 0. The summed E-state index contributed by atoms with van der Waals surface area (Å²) >= 11 is 3.88. The van der Waals surface area contributed by atoms with E-state index < -0.39 is 0 Å². The average Bonchev–Trinajstić information content (AvgIpc) is 2.45. The van der Waals surface area contributed by atoms with Crippen molar-refractivity contribution >= 4 is 44.0 Å². The van der Waals surface area contributed by atoms with Gasteiger partial charge in [-0.3, -0.25) is 0 Å². The zero-order valence-electron chi connectivity index (χ0n) is 6.87. The first-order valence-electron chi connectivity index (χ1n) is 3.67. The number of aromatic hydroxyl groups is 1. The van der Waals surface area contributed by atoms with E-state index >= 15 is 0 Å². The number of rotatable bonds is 1. The molecule has 1 N–H and O–H groups in total. The third kappa shape index (κ3) is 1.48. The van der Waals surface area contributed by atoms with E-state index in [4.69, 9.17) is 4.74 Å². The molecule has 2 aromatic rings. The van der Waals surface area contributed by atoms with Crippen LogP contribution >= 0.6 is 33.9 Å². The number of benzene rings is 1. The first-order chi connectivity index (χ1) is 6.22. The number of ether oxygens (including phenoxy) is 1. The van der Waals surface area contributed by atoms with Crippen molar-refractivity contribution in [2.24, 2.45) is 0 Å². The lowest BCUT2D eigenvalue weighted by Gasteiger charge is -2.02. The molecule has 1 aromatic heterocycles. The fourth-order valence-electron chi connectivity index (χ4n) is 1.23. The van der Waals surface area contributed by atoms with Crippen molar-refractivity contribution < 1.29 is 9.84 Å². The number of thiophene rings is 1. The van der Waals surface area contributed by atoms with Gasteiger partial charge < -0.3 is 9.84 Å². The van der Waals surface area contributed by atoms with Crippen LogP contribution in [0, 0.1) is 2.88 Å². The smallest absolute Gasteiger partial charge is 0.178 e. The van der Waals surface area contributed by atoms with E-state index in [9.17, 15) is 5.11 Å². The Labute approximate surface area is 93.3 Å². The van der Waals surface area contributed by atoms with Gasteiger partial charge in [-0.2, -0.15) is 0 Å². The highest BCUT2D eigenvalue weighted by Crippen LogP contribution is 2.39. The summed E-state index contributed by atoms with van der Waals surface area (Å²) < 4.78 is 7.33. The van der Waals surface area contributed by atoms with E-state index in [0.29, 0.717) is 5.75 Å². The van der Waals surface area contributed by atoms with E-state index in [1.807, 2.05) is 6.07 Å². The molecule has 68 valence electrons. The topological polar surface area (TPSA) is 29.5 Å². The third-order valence-corrected chi connectivity index (χ3v) is 3.70. The SMILES string of the molecule is COc1c(O)ccc2cc(I)sc12. The van der Waals surface area contributed by atoms with Gasteiger partial charge in [0.15, 0.2) is 11.5 Å². The Morgan fingerprint density at radius 2 is 2.23 bits per heavy atom. The Balaban J connectivity index is 2.82. The highest BCUT2D eigenvalue weighted by atomic mass is 127. The molecule has 0 radical (unpaired) electrons. The van der Waals surface area contributed by atoms with Crippen molar-refractivity contribution in [3.8, 4) is 11.5 Å². The maximum absolute atomic E-state index is 9.50. The number of hydrogen-bond donors (Lipinski definition) is 1. The molecule has 0 amide bonds. The number of fused-ring (bicyclic) bond motifs is 1. The molecule has 2 nitrogen and oxygen atoms in total. The lowest BCUT2D eigenvalue weighted by Crippen LogP contribution is -1.82. The third-order valence-electron chi connectivity index (χ3n) is 1.79. The molecule has 0 saturated carbocycles. The summed E-state index contributed by atoms with van der Waals surface area (Å²) in [6.07, 6.45) is 0. The zero-order valence-corrected chi connectivity index (χ0v) is 9.85. The van der Waals surface area contributed by atoms with E-state index in [1.165, 1.54) is 2.88 Å². The van der Waals surface area contributed by atoms with E-state index in [1.54, 1.807) is 24.5 Å². The van der Waals surface area contributed by atoms with Crippen LogP contribution in [0.4, 0.5) is 0 Å². The minimum absolute atomic E-state index is 0.202. The summed E-state index contributed by atoms with van der Waals surface area (Å²) in [5, 5.41) is 10.6. The quantitative estimate of drug-likeness (QED) is 0.820. The lowest BCUT2D eigenvalue weighted by atomic mass is 10.2. The maximum Gasteiger partial charge on any atom is 0.178 e. The van der Waals surface area contributed by atoms with Crippen molar-refractivity contribution in [1.82, 2.24) is 0 Å². The van der Waals surface area contributed by atoms with Gasteiger partial charge in [0.2, 0.25) is 0 Å². The fourth-order valence-corrected chi connectivity index (χ4v) is 3.14. The summed E-state index contributed by atoms with van der Waals surface area (Å²) in [5.41, 5.74) is 0. The van der Waals surface area contributed by atoms with Gasteiger partial charge >= 0.3 is 0 Å². The summed E-state index contributed by atoms with van der Waals surface area (Å²) in [6, 6.07) is 5.62. The first-order valence-corrected chi connectivity index (χ1v) is 5.57. The number of methoxy groups -OCH3 is 1. The van der Waals surface area contributed by atoms with Crippen molar-refractivity contribution in [2.75, 3.05) is 7.11 Å². The maximum atomic E-state index is 9.50. The van der Waals surface area contributed by atoms with E-state index in [0.717, 1.165) is 10.1 Å². The highest BCUT2D eigenvalue weighted by molar-refractivity contribution is 14.1. The minimum Gasteiger partial charge on any atom is -0.504 e. The molecule has 0 unspecified atom stereocenters. The molecule has 1 aromatic carbocycles. The van der Waals surface area contributed by atoms with Gasteiger partial charge in [0.05, 0.1) is 14.7 Å². The monoisotopic (exact) mass is 306 g/mol. The van der Waals surface area contributed by atoms with Crippen molar-refractivity contribution in [2.45, 2.75) is 0 Å². The van der Waals surface area contributed by atoms with Gasteiger partial charge in [0.1, 0.15) is 0 Å². The van der Waals surface area contributed by atoms with Gasteiger partial charge in [0, 0.05) is 0 Å². The fraction of sp³-hybridized carbons (Fsp3) is 0.111. The molecule has 0 aliphatic heterocycles. The van der Waals surface area contributed by atoms with Crippen LogP contribution in [0.2, 0.25) is 0 Å². The Morgan fingerprint density at radius 3 is 2.92 bits per heavy atom. The number of halogens is 1. The Hall–Kier alpha value is -0.490. The second-order valence-corrected chi connectivity index (χ2v) is 5.53. The molecule has 0 aliphatic carbocycles. The Bertz CT molecular complexity index is 450.